The molecule has 2 bridgehead atoms. The van der Waals surface area contributed by atoms with Crippen molar-refractivity contribution in [3.8, 4) is 0 Å². The molecule has 4 nitrogen and oxygen atoms in total. The van der Waals surface area contributed by atoms with Crippen molar-refractivity contribution in [1.82, 2.24) is 20.1 Å². The van der Waals surface area contributed by atoms with Crippen LogP contribution in [0.4, 0.5) is 0 Å². The van der Waals surface area contributed by atoms with Crippen LogP contribution in [0.15, 0.2) is 6.33 Å². The molecule has 1 heterocycles. The fourth-order valence-electron chi connectivity index (χ4n) is 4.47. The second-order valence-corrected chi connectivity index (χ2v) is 7.06. The van der Waals surface area contributed by atoms with Gasteiger partial charge in [0.15, 0.2) is 5.82 Å². The predicted octanol–water partition coefficient (Wildman–Crippen LogP) is 2.12. The molecule has 4 heteroatoms. The number of nitrogens with one attached hydrogen (secondary N) is 1. The Labute approximate surface area is 109 Å². The largest absolute Gasteiger partial charge is 0.306 e. The lowest BCUT2D eigenvalue weighted by molar-refractivity contribution is 0.107. The summed E-state index contributed by atoms with van der Waals surface area (Å²) in [6.45, 7) is 8.08. The van der Waals surface area contributed by atoms with Gasteiger partial charge in [0.1, 0.15) is 6.33 Å². The molecule has 0 saturated heterocycles. The molecule has 0 spiro atoms. The minimum absolute atomic E-state index is 0.405. The Bertz CT molecular complexity index is 446. The predicted molar refractivity (Wildman–Crippen MR) is 70.9 cm³/mol. The molecular formula is C14H24N4. The molecule has 2 fully saturated rings. The topological polar surface area (TPSA) is 42.7 Å². The van der Waals surface area contributed by atoms with Crippen LogP contribution in [0.5, 0.6) is 0 Å². The Kier molecular flexibility index (Phi) is 2.56. The smallest absolute Gasteiger partial charge is 0.164 e. The average Bonchev–Trinajstić information content (AvgIpc) is 2.89. The molecule has 3 atom stereocenters. The van der Waals surface area contributed by atoms with E-state index in [1.807, 2.05) is 7.05 Å². The maximum absolute atomic E-state index is 4.35. The molecule has 0 radical (unpaired) electrons. The van der Waals surface area contributed by atoms with Crippen LogP contribution in [0, 0.1) is 16.7 Å². The second kappa shape index (κ2) is 3.80. The number of aromatic nitrogens is 3. The van der Waals surface area contributed by atoms with Gasteiger partial charge >= 0.3 is 0 Å². The van der Waals surface area contributed by atoms with Gasteiger partial charge in [-0.3, -0.25) is 4.68 Å². The molecule has 2 saturated carbocycles. The zero-order valence-electron chi connectivity index (χ0n) is 11.9. The van der Waals surface area contributed by atoms with E-state index in [2.05, 4.69) is 36.2 Å². The summed E-state index contributed by atoms with van der Waals surface area (Å²) < 4.78 is 1.77. The molecular weight excluding hydrogens is 224 g/mol. The van der Waals surface area contributed by atoms with Crippen LogP contribution >= 0.6 is 0 Å². The van der Waals surface area contributed by atoms with Gasteiger partial charge in [0.2, 0.25) is 0 Å². The molecule has 1 aromatic rings. The lowest BCUT2D eigenvalue weighted by Crippen LogP contribution is -2.50. The summed E-state index contributed by atoms with van der Waals surface area (Å²) in [7, 11) is 1.92. The number of fused-ring (bicyclic) bond motifs is 2. The van der Waals surface area contributed by atoms with Crippen LogP contribution in [0.3, 0.4) is 0 Å². The number of aryl methyl sites for hydroxylation is 1. The number of nitrogens with zero attached hydrogens (tertiary/aromatic N) is 3. The first kappa shape index (κ1) is 12.2. The molecule has 100 valence electrons. The standard InChI is InChI=1S/C14H24N4/c1-13(2)10-5-6-14(3,7-10)12(13)15-8-11-16-9-18(4)17-11/h9-10,12,15H,5-8H2,1-4H3. The van der Waals surface area contributed by atoms with E-state index in [0.717, 1.165) is 18.3 Å². The maximum Gasteiger partial charge on any atom is 0.164 e. The molecule has 2 aliphatic rings. The van der Waals surface area contributed by atoms with Gasteiger partial charge in [0.05, 0.1) is 6.54 Å². The van der Waals surface area contributed by atoms with Crippen molar-refractivity contribution in [2.75, 3.05) is 0 Å². The van der Waals surface area contributed by atoms with Crippen molar-refractivity contribution in [2.24, 2.45) is 23.8 Å². The molecule has 0 amide bonds. The van der Waals surface area contributed by atoms with E-state index in [0.29, 0.717) is 16.9 Å². The zero-order valence-corrected chi connectivity index (χ0v) is 11.9. The number of hydrogen-bond donors (Lipinski definition) is 1. The van der Waals surface area contributed by atoms with Crippen LogP contribution in [0.1, 0.15) is 45.9 Å². The van der Waals surface area contributed by atoms with E-state index < -0.39 is 0 Å². The van der Waals surface area contributed by atoms with E-state index >= 15 is 0 Å². The highest BCUT2D eigenvalue weighted by Gasteiger charge is 2.58. The summed E-state index contributed by atoms with van der Waals surface area (Å²) in [5, 5.41) is 8.08. The minimum Gasteiger partial charge on any atom is -0.306 e. The van der Waals surface area contributed by atoms with Gasteiger partial charge in [0.25, 0.3) is 0 Å². The first-order valence-electron chi connectivity index (χ1n) is 7.00. The fraction of sp³-hybridized carbons (Fsp3) is 0.857. The maximum atomic E-state index is 4.35. The Morgan fingerprint density at radius 1 is 1.44 bits per heavy atom. The quantitative estimate of drug-likeness (QED) is 0.891. The van der Waals surface area contributed by atoms with Crippen molar-refractivity contribution in [3.63, 3.8) is 0 Å². The molecule has 1 aromatic heterocycles. The summed E-state index contributed by atoms with van der Waals surface area (Å²) >= 11 is 0. The first-order chi connectivity index (χ1) is 8.42. The van der Waals surface area contributed by atoms with Crippen LogP contribution in [0.25, 0.3) is 0 Å². The van der Waals surface area contributed by atoms with Gasteiger partial charge in [-0.1, -0.05) is 20.8 Å². The van der Waals surface area contributed by atoms with Gasteiger partial charge < -0.3 is 5.32 Å². The van der Waals surface area contributed by atoms with Gasteiger partial charge in [-0.05, 0) is 36.0 Å². The molecule has 0 aromatic carbocycles. The van der Waals surface area contributed by atoms with Crippen LogP contribution in [0.2, 0.25) is 0 Å². The van der Waals surface area contributed by atoms with Crippen molar-refractivity contribution in [1.29, 1.82) is 0 Å². The summed E-state index contributed by atoms with van der Waals surface area (Å²) in [4.78, 5) is 4.30. The molecule has 18 heavy (non-hydrogen) atoms. The fourth-order valence-corrected chi connectivity index (χ4v) is 4.47. The number of hydrogen-bond acceptors (Lipinski definition) is 3. The summed E-state index contributed by atoms with van der Waals surface area (Å²) in [6.07, 6.45) is 5.93. The average molecular weight is 248 g/mol. The van der Waals surface area contributed by atoms with E-state index in [-0.39, 0.29) is 0 Å². The summed E-state index contributed by atoms with van der Waals surface area (Å²) in [6, 6.07) is 0.590. The highest BCUT2D eigenvalue weighted by molar-refractivity contribution is 5.12. The number of rotatable bonds is 3. The molecule has 0 aliphatic heterocycles. The van der Waals surface area contributed by atoms with Crippen molar-refractivity contribution < 1.29 is 0 Å². The Morgan fingerprint density at radius 2 is 2.22 bits per heavy atom. The monoisotopic (exact) mass is 248 g/mol. The van der Waals surface area contributed by atoms with Crippen molar-refractivity contribution in [3.05, 3.63) is 12.2 Å². The second-order valence-electron chi connectivity index (χ2n) is 7.06. The van der Waals surface area contributed by atoms with E-state index in [9.17, 15) is 0 Å². The Balaban J connectivity index is 1.72. The van der Waals surface area contributed by atoms with E-state index in [4.69, 9.17) is 0 Å². The third-order valence-corrected chi connectivity index (χ3v) is 5.38. The van der Waals surface area contributed by atoms with Gasteiger partial charge in [-0.15, -0.1) is 0 Å². The Hall–Kier alpha value is -0.900. The van der Waals surface area contributed by atoms with Gasteiger partial charge in [-0.25, -0.2) is 4.98 Å². The van der Waals surface area contributed by atoms with Crippen LogP contribution in [-0.2, 0) is 13.6 Å². The molecule has 3 unspecified atom stereocenters. The van der Waals surface area contributed by atoms with E-state index in [1.54, 1.807) is 11.0 Å². The normalized spacial score (nSPS) is 37.3. The van der Waals surface area contributed by atoms with Crippen molar-refractivity contribution in [2.45, 2.75) is 52.6 Å². The third kappa shape index (κ3) is 1.69. The SMILES string of the molecule is Cn1cnc(CNC2C3(C)CCC(C3)C2(C)C)n1. The molecule has 3 rings (SSSR count). The first-order valence-corrected chi connectivity index (χ1v) is 7.00. The summed E-state index contributed by atoms with van der Waals surface area (Å²) in [5.41, 5.74) is 0.880. The third-order valence-electron chi connectivity index (χ3n) is 5.38. The minimum atomic E-state index is 0.405. The molecule has 2 aliphatic carbocycles. The van der Waals surface area contributed by atoms with Gasteiger partial charge in [-0.2, -0.15) is 5.10 Å². The van der Waals surface area contributed by atoms with E-state index in [1.165, 1.54) is 19.3 Å². The van der Waals surface area contributed by atoms with Crippen molar-refractivity contribution >= 4 is 0 Å². The highest BCUT2D eigenvalue weighted by atomic mass is 15.3. The van der Waals surface area contributed by atoms with Crippen LogP contribution in [-0.4, -0.2) is 20.8 Å². The lowest BCUT2D eigenvalue weighted by atomic mass is 9.68. The lowest BCUT2D eigenvalue weighted by Gasteiger charge is -2.43. The van der Waals surface area contributed by atoms with Crippen LogP contribution < -0.4 is 5.32 Å². The zero-order chi connectivity index (χ0) is 13.0. The Morgan fingerprint density at radius 3 is 2.78 bits per heavy atom. The van der Waals surface area contributed by atoms with Gasteiger partial charge in [0, 0.05) is 13.1 Å². The molecule has 1 N–H and O–H groups in total. The highest BCUT2D eigenvalue weighted by Crippen LogP contribution is 2.62. The summed E-state index contributed by atoms with van der Waals surface area (Å²) in [5.74, 6) is 1.79.